The minimum Gasteiger partial charge on any atom is -0.439 e. The molecule has 0 saturated carbocycles. The van der Waals surface area contributed by atoms with Crippen LogP contribution >= 0.6 is 23.2 Å². The van der Waals surface area contributed by atoms with Crippen LogP contribution < -0.4 is 0 Å². The largest absolute Gasteiger partial charge is 0.439 e. The second kappa shape index (κ2) is 5.63. The molecule has 2 aliphatic rings. The van der Waals surface area contributed by atoms with E-state index in [2.05, 4.69) is 0 Å². The molecule has 1 unspecified atom stereocenters. The third-order valence-corrected chi connectivity index (χ3v) is 4.89. The fourth-order valence-electron chi connectivity index (χ4n) is 3.00. The quantitative estimate of drug-likeness (QED) is 0.829. The Morgan fingerprint density at radius 2 is 2.09 bits per heavy atom. The van der Waals surface area contributed by atoms with Crippen LogP contribution in [0.25, 0.3) is 0 Å². The molecule has 1 aromatic rings. The predicted molar refractivity (Wildman–Crippen MR) is 83.2 cm³/mol. The lowest BCUT2D eigenvalue weighted by Crippen LogP contribution is -2.39. The van der Waals surface area contributed by atoms with Crippen molar-refractivity contribution in [3.05, 3.63) is 33.8 Å². The van der Waals surface area contributed by atoms with Gasteiger partial charge in [0.25, 0.3) is 0 Å². The monoisotopic (exact) mass is 342 g/mol. The van der Waals surface area contributed by atoms with Crippen LogP contribution in [0.15, 0.2) is 18.2 Å². The van der Waals surface area contributed by atoms with E-state index in [9.17, 15) is 9.59 Å². The molecule has 1 atom stereocenters. The number of carbonyl (C=O) groups is 2. The second-order valence-corrected chi connectivity index (χ2v) is 6.71. The SMILES string of the molecule is CN1CC2(CCN(C(=O)Cc3ccc(Cl)c(Cl)c3)C2)OC1=O. The molecule has 7 heteroatoms. The summed E-state index contributed by atoms with van der Waals surface area (Å²) in [5.74, 6) is 0.000802. The van der Waals surface area contributed by atoms with Gasteiger partial charge in [-0.05, 0) is 17.7 Å². The van der Waals surface area contributed by atoms with Crippen LogP contribution in [-0.4, -0.2) is 54.1 Å². The van der Waals surface area contributed by atoms with Crippen LogP contribution in [0.1, 0.15) is 12.0 Å². The molecule has 2 amide bonds. The van der Waals surface area contributed by atoms with E-state index in [1.165, 1.54) is 0 Å². The Labute approximate surface area is 138 Å². The molecule has 1 spiro atoms. The average Bonchev–Trinajstić information content (AvgIpc) is 2.98. The molecule has 3 rings (SSSR count). The van der Waals surface area contributed by atoms with Gasteiger partial charge < -0.3 is 14.5 Å². The standard InChI is InChI=1S/C15H16Cl2N2O3/c1-18-8-15(22-14(18)21)4-5-19(9-15)13(20)7-10-2-3-11(16)12(17)6-10/h2-3,6H,4-5,7-9H2,1H3. The number of benzene rings is 1. The minimum atomic E-state index is -0.543. The fourth-order valence-corrected chi connectivity index (χ4v) is 3.32. The van der Waals surface area contributed by atoms with Crippen LogP contribution in [-0.2, 0) is 16.0 Å². The number of likely N-dealkylation sites (tertiary alicyclic amines) is 1. The summed E-state index contributed by atoms with van der Waals surface area (Å²) in [6, 6.07) is 5.18. The molecule has 2 saturated heterocycles. The molecular weight excluding hydrogens is 327 g/mol. The van der Waals surface area contributed by atoms with Crippen molar-refractivity contribution < 1.29 is 14.3 Å². The third-order valence-electron chi connectivity index (χ3n) is 4.15. The molecular formula is C15H16Cl2N2O3. The van der Waals surface area contributed by atoms with Crippen LogP contribution in [0, 0.1) is 0 Å². The van der Waals surface area contributed by atoms with Gasteiger partial charge in [-0.15, -0.1) is 0 Å². The molecule has 0 N–H and O–H groups in total. The van der Waals surface area contributed by atoms with Gasteiger partial charge in [-0.2, -0.15) is 0 Å². The Kier molecular flexibility index (Phi) is 3.95. The molecule has 0 bridgehead atoms. The number of likely N-dealkylation sites (N-methyl/N-ethyl adjacent to an activating group) is 1. The number of hydrogen-bond donors (Lipinski definition) is 0. The highest BCUT2D eigenvalue weighted by atomic mass is 35.5. The van der Waals surface area contributed by atoms with Gasteiger partial charge in [-0.1, -0.05) is 29.3 Å². The van der Waals surface area contributed by atoms with Gasteiger partial charge in [0, 0.05) is 20.0 Å². The van der Waals surface area contributed by atoms with Gasteiger partial charge in [-0.25, -0.2) is 4.79 Å². The molecule has 5 nitrogen and oxygen atoms in total. The van der Waals surface area contributed by atoms with Gasteiger partial charge in [-0.3, -0.25) is 4.79 Å². The number of nitrogens with zero attached hydrogens (tertiary/aromatic N) is 2. The second-order valence-electron chi connectivity index (χ2n) is 5.90. The lowest BCUT2D eigenvalue weighted by atomic mass is 10.0. The van der Waals surface area contributed by atoms with E-state index in [1.54, 1.807) is 35.0 Å². The third kappa shape index (κ3) is 2.88. The van der Waals surface area contributed by atoms with Crippen LogP contribution in [0.2, 0.25) is 10.0 Å². The molecule has 0 aliphatic carbocycles. The summed E-state index contributed by atoms with van der Waals surface area (Å²) >= 11 is 11.8. The molecule has 0 radical (unpaired) electrons. The van der Waals surface area contributed by atoms with Crippen molar-refractivity contribution in [2.24, 2.45) is 0 Å². The zero-order chi connectivity index (χ0) is 15.9. The fraction of sp³-hybridized carbons (Fsp3) is 0.467. The topological polar surface area (TPSA) is 49.9 Å². The lowest BCUT2D eigenvalue weighted by Gasteiger charge is -2.21. The maximum Gasteiger partial charge on any atom is 0.410 e. The zero-order valence-corrected chi connectivity index (χ0v) is 13.7. The van der Waals surface area contributed by atoms with E-state index in [-0.39, 0.29) is 18.4 Å². The Morgan fingerprint density at radius 1 is 1.32 bits per heavy atom. The normalized spacial score (nSPS) is 24.2. The highest BCUT2D eigenvalue weighted by molar-refractivity contribution is 6.42. The zero-order valence-electron chi connectivity index (χ0n) is 12.1. The van der Waals surface area contributed by atoms with E-state index >= 15 is 0 Å². The number of halogens is 2. The lowest BCUT2D eigenvalue weighted by molar-refractivity contribution is -0.130. The number of rotatable bonds is 2. The van der Waals surface area contributed by atoms with E-state index in [0.29, 0.717) is 36.1 Å². The molecule has 22 heavy (non-hydrogen) atoms. The molecule has 2 fully saturated rings. The Bertz CT molecular complexity index is 637. The van der Waals surface area contributed by atoms with Crippen molar-refractivity contribution in [2.75, 3.05) is 26.7 Å². The summed E-state index contributed by atoms with van der Waals surface area (Å²) < 4.78 is 5.44. The van der Waals surface area contributed by atoms with Crippen molar-refractivity contribution in [3.8, 4) is 0 Å². The molecule has 0 aromatic heterocycles. The van der Waals surface area contributed by atoms with Gasteiger partial charge >= 0.3 is 6.09 Å². The number of hydrogen-bond acceptors (Lipinski definition) is 3. The first-order valence-electron chi connectivity index (χ1n) is 7.04. The van der Waals surface area contributed by atoms with Gasteiger partial charge in [0.05, 0.1) is 29.6 Å². The first-order valence-corrected chi connectivity index (χ1v) is 7.80. The van der Waals surface area contributed by atoms with E-state index < -0.39 is 5.60 Å². The van der Waals surface area contributed by atoms with E-state index in [4.69, 9.17) is 27.9 Å². The summed E-state index contributed by atoms with van der Waals surface area (Å²) in [6.07, 6.45) is 0.617. The maximum absolute atomic E-state index is 12.4. The predicted octanol–water partition coefficient (Wildman–Crippen LogP) is 2.59. The Hall–Kier alpha value is -1.46. The Morgan fingerprint density at radius 3 is 2.73 bits per heavy atom. The first-order chi connectivity index (χ1) is 10.4. The summed E-state index contributed by atoms with van der Waals surface area (Å²) in [5.41, 5.74) is 0.278. The summed E-state index contributed by atoms with van der Waals surface area (Å²) in [7, 11) is 1.71. The highest BCUT2D eigenvalue weighted by Crippen LogP contribution is 2.32. The van der Waals surface area contributed by atoms with Crippen molar-refractivity contribution in [2.45, 2.75) is 18.4 Å². The summed E-state index contributed by atoms with van der Waals surface area (Å²) in [5, 5.41) is 0.912. The smallest absolute Gasteiger partial charge is 0.410 e. The van der Waals surface area contributed by atoms with Crippen LogP contribution in [0.3, 0.4) is 0 Å². The van der Waals surface area contributed by atoms with Crippen molar-refractivity contribution in [1.82, 2.24) is 9.80 Å². The van der Waals surface area contributed by atoms with Gasteiger partial charge in [0.2, 0.25) is 5.91 Å². The summed E-state index contributed by atoms with van der Waals surface area (Å²) in [4.78, 5) is 27.2. The van der Waals surface area contributed by atoms with Gasteiger partial charge in [0.1, 0.15) is 0 Å². The van der Waals surface area contributed by atoms with Crippen LogP contribution in [0.5, 0.6) is 0 Å². The average molecular weight is 343 g/mol. The number of carbonyl (C=O) groups excluding carboxylic acids is 2. The number of amides is 2. The van der Waals surface area contributed by atoms with E-state index in [1.807, 2.05) is 0 Å². The summed E-state index contributed by atoms with van der Waals surface area (Å²) in [6.45, 7) is 1.58. The van der Waals surface area contributed by atoms with Crippen molar-refractivity contribution >= 4 is 35.2 Å². The molecule has 2 heterocycles. The number of ether oxygens (including phenoxy) is 1. The van der Waals surface area contributed by atoms with Crippen molar-refractivity contribution in [1.29, 1.82) is 0 Å². The minimum absolute atomic E-state index is 0.000802. The van der Waals surface area contributed by atoms with Crippen molar-refractivity contribution in [3.63, 3.8) is 0 Å². The molecule has 1 aromatic carbocycles. The van der Waals surface area contributed by atoms with E-state index in [0.717, 1.165) is 5.56 Å². The maximum atomic E-state index is 12.4. The highest BCUT2D eigenvalue weighted by Gasteiger charge is 2.49. The van der Waals surface area contributed by atoms with Crippen LogP contribution in [0.4, 0.5) is 4.79 Å². The van der Waals surface area contributed by atoms with Gasteiger partial charge in [0.15, 0.2) is 5.60 Å². The Balaban J connectivity index is 1.64. The molecule has 118 valence electrons. The molecule has 2 aliphatic heterocycles. The first kappa shape index (κ1) is 15.4.